The van der Waals surface area contributed by atoms with E-state index in [4.69, 9.17) is 0 Å². The zero-order chi connectivity index (χ0) is 18.7. The summed E-state index contributed by atoms with van der Waals surface area (Å²) in [5.41, 5.74) is 1.85. The van der Waals surface area contributed by atoms with Gasteiger partial charge in [0, 0.05) is 31.7 Å². The summed E-state index contributed by atoms with van der Waals surface area (Å²) < 4.78 is 27.0. The van der Waals surface area contributed by atoms with Crippen molar-refractivity contribution in [2.75, 3.05) is 31.1 Å². The van der Waals surface area contributed by atoms with Crippen molar-refractivity contribution in [2.24, 2.45) is 0 Å². The molecule has 0 spiro atoms. The topological polar surface area (TPSA) is 66.4 Å². The maximum Gasteiger partial charge on any atom is 0.243 e. The largest absolute Gasteiger partial charge is 0.352 e. The van der Waals surface area contributed by atoms with Gasteiger partial charge < -0.3 is 4.90 Å². The van der Waals surface area contributed by atoms with Gasteiger partial charge in [0.15, 0.2) is 5.82 Å². The van der Waals surface area contributed by atoms with Gasteiger partial charge in [-0.2, -0.15) is 4.31 Å². The van der Waals surface area contributed by atoms with Gasteiger partial charge in [0.05, 0.1) is 10.6 Å². The molecule has 2 aromatic carbocycles. The van der Waals surface area contributed by atoms with E-state index in [1.54, 1.807) is 24.3 Å². The van der Waals surface area contributed by atoms with Crippen LogP contribution >= 0.6 is 0 Å². The van der Waals surface area contributed by atoms with Crippen LogP contribution in [-0.4, -0.2) is 49.1 Å². The molecule has 0 bridgehead atoms. The van der Waals surface area contributed by atoms with E-state index in [9.17, 15) is 8.42 Å². The summed E-state index contributed by atoms with van der Waals surface area (Å²) in [7, 11) is -3.44. The predicted molar refractivity (Wildman–Crippen MR) is 105 cm³/mol. The van der Waals surface area contributed by atoms with Crippen molar-refractivity contribution in [2.45, 2.75) is 4.90 Å². The third-order valence-corrected chi connectivity index (χ3v) is 6.58. The molecule has 3 aromatic rings. The summed E-state index contributed by atoms with van der Waals surface area (Å²) in [6.45, 7) is 2.04. The third kappa shape index (κ3) is 3.70. The number of hydrogen-bond donors (Lipinski definition) is 0. The van der Waals surface area contributed by atoms with Gasteiger partial charge in [-0.3, -0.25) is 0 Å². The number of benzene rings is 2. The van der Waals surface area contributed by atoms with Crippen molar-refractivity contribution in [3.8, 4) is 11.3 Å². The predicted octanol–water partition coefficient (Wildman–Crippen LogP) is 2.65. The molecule has 0 aliphatic carbocycles. The minimum Gasteiger partial charge on any atom is -0.352 e. The lowest BCUT2D eigenvalue weighted by Crippen LogP contribution is -2.48. The Balaban J connectivity index is 1.44. The minimum absolute atomic E-state index is 0.338. The first-order valence-corrected chi connectivity index (χ1v) is 10.3. The first-order chi connectivity index (χ1) is 13.1. The Morgan fingerprint density at radius 1 is 0.704 bits per heavy atom. The molecule has 7 heteroatoms. The van der Waals surface area contributed by atoms with E-state index in [0.717, 1.165) is 17.1 Å². The Labute approximate surface area is 159 Å². The standard InChI is InChI=1S/C20H20N4O2S/c25-27(26,18-9-5-2-6-10-18)24-15-13-23(14-16-24)20-12-11-19(21-22-20)17-7-3-1-4-8-17/h1-12H,13-16H2. The number of hydrogen-bond acceptors (Lipinski definition) is 5. The molecule has 2 heterocycles. The van der Waals surface area contributed by atoms with Crippen LogP contribution in [0.4, 0.5) is 5.82 Å². The van der Waals surface area contributed by atoms with Gasteiger partial charge in [0.2, 0.25) is 10.0 Å². The van der Waals surface area contributed by atoms with Gasteiger partial charge in [0.25, 0.3) is 0 Å². The van der Waals surface area contributed by atoms with E-state index in [1.165, 1.54) is 4.31 Å². The fourth-order valence-corrected chi connectivity index (χ4v) is 4.60. The van der Waals surface area contributed by atoms with Gasteiger partial charge in [-0.25, -0.2) is 8.42 Å². The smallest absolute Gasteiger partial charge is 0.243 e. The highest BCUT2D eigenvalue weighted by atomic mass is 32.2. The van der Waals surface area contributed by atoms with Crippen molar-refractivity contribution in [3.63, 3.8) is 0 Å². The summed E-state index contributed by atoms with van der Waals surface area (Å²) in [5, 5.41) is 8.65. The fraction of sp³-hybridized carbons (Fsp3) is 0.200. The molecule has 0 N–H and O–H groups in total. The second kappa shape index (κ2) is 7.46. The molecule has 138 valence electrons. The molecular formula is C20H20N4O2S. The number of aromatic nitrogens is 2. The van der Waals surface area contributed by atoms with E-state index in [1.807, 2.05) is 48.5 Å². The average Bonchev–Trinajstić information content (AvgIpc) is 2.75. The number of rotatable bonds is 4. The summed E-state index contributed by atoms with van der Waals surface area (Å²) in [6, 6.07) is 22.4. The molecule has 4 rings (SSSR count). The van der Waals surface area contributed by atoms with Crippen LogP contribution in [0.1, 0.15) is 0 Å². The molecule has 0 amide bonds. The van der Waals surface area contributed by atoms with Crippen LogP contribution in [0.5, 0.6) is 0 Å². The molecule has 1 fully saturated rings. The Morgan fingerprint density at radius 3 is 1.93 bits per heavy atom. The molecule has 0 unspecified atom stereocenters. The van der Waals surface area contributed by atoms with Gasteiger partial charge in [-0.05, 0) is 24.3 Å². The maximum absolute atomic E-state index is 12.7. The fourth-order valence-electron chi connectivity index (χ4n) is 3.16. The molecule has 0 radical (unpaired) electrons. The molecule has 0 saturated carbocycles. The molecule has 0 atom stereocenters. The molecule has 27 heavy (non-hydrogen) atoms. The van der Waals surface area contributed by atoms with Gasteiger partial charge in [-0.15, -0.1) is 10.2 Å². The minimum atomic E-state index is -3.44. The lowest BCUT2D eigenvalue weighted by Gasteiger charge is -2.34. The van der Waals surface area contributed by atoms with E-state index >= 15 is 0 Å². The molecule has 1 saturated heterocycles. The van der Waals surface area contributed by atoms with Crippen LogP contribution in [0, 0.1) is 0 Å². The molecule has 1 aliphatic rings. The monoisotopic (exact) mass is 380 g/mol. The van der Waals surface area contributed by atoms with Crippen molar-refractivity contribution >= 4 is 15.8 Å². The second-order valence-corrected chi connectivity index (χ2v) is 8.28. The SMILES string of the molecule is O=S(=O)(c1ccccc1)N1CCN(c2ccc(-c3ccccc3)nn2)CC1. The summed E-state index contributed by atoms with van der Waals surface area (Å²) in [6.07, 6.45) is 0. The molecule has 1 aliphatic heterocycles. The van der Waals surface area contributed by atoms with E-state index in [0.29, 0.717) is 31.1 Å². The average molecular weight is 380 g/mol. The first kappa shape index (κ1) is 17.6. The lowest BCUT2D eigenvalue weighted by atomic mass is 10.1. The van der Waals surface area contributed by atoms with Gasteiger partial charge >= 0.3 is 0 Å². The van der Waals surface area contributed by atoms with Gasteiger partial charge in [-0.1, -0.05) is 48.5 Å². The summed E-state index contributed by atoms with van der Waals surface area (Å²) in [5.74, 6) is 0.770. The van der Waals surface area contributed by atoms with Crippen LogP contribution < -0.4 is 4.90 Å². The first-order valence-electron chi connectivity index (χ1n) is 8.84. The van der Waals surface area contributed by atoms with Crippen molar-refractivity contribution in [1.82, 2.24) is 14.5 Å². The Kier molecular flexibility index (Phi) is 4.87. The number of anilines is 1. The van der Waals surface area contributed by atoms with Crippen LogP contribution in [0.15, 0.2) is 77.7 Å². The Bertz CT molecular complexity index is 985. The van der Waals surface area contributed by atoms with Crippen LogP contribution in [-0.2, 0) is 10.0 Å². The molecular weight excluding hydrogens is 360 g/mol. The summed E-state index contributed by atoms with van der Waals surface area (Å²) >= 11 is 0. The van der Waals surface area contributed by atoms with Crippen LogP contribution in [0.25, 0.3) is 11.3 Å². The zero-order valence-electron chi connectivity index (χ0n) is 14.8. The van der Waals surface area contributed by atoms with Crippen LogP contribution in [0.3, 0.4) is 0 Å². The lowest BCUT2D eigenvalue weighted by molar-refractivity contribution is 0.383. The number of sulfonamides is 1. The zero-order valence-corrected chi connectivity index (χ0v) is 15.6. The Hall–Kier alpha value is -2.77. The number of nitrogens with zero attached hydrogens (tertiary/aromatic N) is 4. The van der Waals surface area contributed by atoms with Crippen molar-refractivity contribution in [3.05, 3.63) is 72.8 Å². The van der Waals surface area contributed by atoms with Gasteiger partial charge in [0.1, 0.15) is 0 Å². The van der Waals surface area contributed by atoms with E-state index in [2.05, 4.69) is 15.1 Å². The highest BCUT2D eigenvalue weighted by Gasteiger charge is 2.28. The maximum atomic E-state index is 12.7. The molecule has 6 nitrogen and oxygen atoms in total. The van der Waals surface area contributed by atoms with E-state index < -0.39 is 10.0 Å². The van der Waals surface area contributed by atoms with Crippen molar-refractivity contribution in [1.29, 1.82) is 0 Å². The highest BCUT2D eigenvalue weighted by molar-refractivity contribution is 7.89. The normalized spacial score (nSPS) is 15.6. The number of piperazine rings is 1. The van der Waals surface area contributed by atoms with Crippen molar-refractivity contribution < 1.29 is 8.42 Å². The Morgan fingerprint density at radius 2 is 1.33 bits per heavy atom. The quantitative estimate of drug-likeness (QED) is 0.696. The van der Waals surface area contributed by atoms with E-state index in [-0.39, 0.29) is 0 Å². The third-order valence-electron chi connectivity index (χ3n) is 4.66. The van der Waals surface area contributed by atoms with Crippen LogP contribution in [0.2, 0.25) is 0 Å². The summed E-state index contributed by atoms with van der Waals surface area (Å²) in [4.78, 5) is 2.41. The highest BCUT2D eigenvalue weighted by Crippen LogP contribution is 2.21. The molecule has 1 aromatic heterocycles. The second-order valence-electron chi connectivity index (χ2n) is 6.35.